The Balaban J connectivity index is 2.20. The van der Waals surface area contributed by atoms with Crippen molar-refractivity contribution in [3.63, 3.8) is 0 Å². The van der Waals surface area contributed by atoms with E-state index in [0.717, 1.165) is 0 Å². The third kappa shape index (κ3) is 3.65. The van der Waals surface area contributed by atoms with Gasteiger partial charge in [0.1, 0.15) is 5.82 Å². The first-order chi connectivity index (χ1) is 10.8. The van der Waals surface area contributed by atoms with Crippen molar-refractivity contribution in [2.75, 3.05) is 20.7 Å². The Kier molecular flexibility index (Phi) is 4.95. The Bertz CT molecular complexity index is 760. The lowest BCUT2D eigenvalue weighted by molar-refractivity contribution is -0.131. The van der Waals surface area contributed by atoms with Gasteiger partial charge < -0.3 is 9.64 Å². The van der Waals surface area contributed by atoms with Crippen LogP contribution in [-0.2, 0) is 9.53 Å². The van der Waals surface area contributed by atoms with E-state index in [-0.39, 0.29) is 23.2 Å². The number of likely N-dealkylation sites (N-methyl/N-ethyl adjacent to an activating group) is 1. The predicted octanol–water partition coefficient (Wildman–Crippen LogP) is 1.61. The van der Waals surface area contributed by atoms with Crippen molar-refractivity contribution in [3.8, 4) is 5.69 Å². The molecule has 1 amide bonds. The molecule has 23 heavy (non-hydrogen) atoms. The van der Waals surface area contributed by atoms with Crippen molar-refractivity contribution in [3.05, 3.63) is 40.4 Å². The monoisotopic (exact) mass is 340 g/mol. The fourth-order valence-corrected chi connectivity index (χ4v) is 1.88. The first-order valence-corrected chi connectivity index (χ1v) is 6.94. The molecule has 2 rings (SSSR count). The van der Waals surface area contributed by atoms with Crippen molar-refractivity contribution in [2.24, 2.45) is 0 Å². The SMILES string of the molecule is Cc1c(C(=O)OCC(=O)N(C)C)nnn1-c1ccc(F)c(Cl)c1. The van der Waals surface area contributed by atoms with Crippen LogP contribution in [0.15, 0.2) is 18.2 Å². The molecule has 0 aliphatic carbocycles. The minimum absolute atomic E-state index is 0.0306. The van der Waals surface area contributed by atoms with Gasteiger partial charge in [0.25, 0.3) is 5.91 Å². The number of benzene rings is 1. The van der Waals surface area contributed by atoms with Gasteiger partial charge in [-0.25, -0.2) is 13.9 Å². The van der Waals surface area contributed by atoms with Gasteiger partial charge in [-0.1, -0.05) is 16.8 Å². The molecule has 2 aromatic rings. The molecule has 0 unspecified atom stereocenters. The molecule has 122 valence electrons. The molecule has 9 heteroatoms. The number of esters is 1. The average molecular weight is 341 g/mol. The lowest BCUT2D eigenvalue weighted by Crippen LogP contribution is -2.27. The van der Waals surface area contributed by atoms with Crippen molar-refractivity contribution in [1.29, 1.82) is 0 Å². The van der Waals surface area contributed by atoms with Crippen LogP contribution in [0, 0.1) is 12.7 Å². The summed E-state index contributed by atoms with van der Waals surface area (Å²) in [7, 11) is 3.10. The number of hydrogen-bond donors (Lipinski definition) is 0. The standard InChI is InChI=1S/C14H14ClFN4O3/c1-8-13(14(22)23-7-12(21)19(2)3)17-18-20(8)9-4-5-11(16)10(15)6-9/h4-6H,7H2,1-3H3. The lowest BCUT2D eigenvalue weighted by Gasteiger charge is -2.09. The largest absolute Gasteiger partial charge is 0.451 e. The van der Waals surface area contributed by atoms with Crippen molar-refractivity contribution >= 4 is 23.5 Å². The van der Waals surface area contributed by atoms with Gasteiger partial charge in [0.05, 0.1) is 16.4 Å². The Morgan fingerprint density at radius 1 is 1.39 bits per heavy atom. The van der Waals surface area contributed by atoms with E-state index >= 15 is 0 Å². The van der Waals surface area contributed by atoms with Crippen LogP contribution in [-0.4, -0.2) is 52.5 Å². The van der Waals surface area contributed by atoms with E-state index in [1.165, 1.54) is 27.8 Å². The summed E-state index contributed by atoms with van der Waals surface area (Å²) in [6.07, 6.45) is 0. The highest BCUT2D eigenvalue weighted by Crippen LogP contribution is 2.20. The molecule has 0 radical (unpaired) electrons. The summed E-state index contributed by atoms with van der Waals surface area (Å²) in [6.45, 7) is 1.21. The fourth-order valence-electron chi connectivity index (χ4n) is 1.70. The van der Waals surface area contributed by atoms with Gasteiger partial charge >= 0.3 is 5.97 Å². The quantitative estimate of drug-likeness (QED) is 0.790. The van der Waals surface area contributed by atoms with E-state index in [4.69, 9.17) is 16.3 Å². The number of carbonyl (C=O) groups is 2. The highest BCUT2D eigenvalue weighted by atomic mass is 35.5. The number of aromatic nitrogens is 3. The molecule has 0 fully saturated rings. The molecule has 0 aliphatic heterocycles. The number of amides is 1. The van der Waals surface area contributed by atoms with E-state index in [9.17, 15) is 14.0 Å². The summed E-state index contributed by atoms with van der Waals surface area (Å²) in [4.78, 5) is 24.7. The molecule has 0 saturated carbocycles. The Morgan fingerprint density at radius 2 is 2.09 bits per heavy atom. The normalized spacial score (nSPS) is 10.5. The van der Waals surface area contributed by atoms with Crippen LogP contribution in [0.5, 0.6) is 0 Å². The van der Waals surface area contributed by atoms with Gasteiger partial charge in [0, 0.05) is 14.1 Å². The van der Waals surface area contributed by atoms with Crippen LogP contribution in [0.2, 0.25) is 5.02 Å². The van der Waals surface area contributed by atoms with Gasteiger partial charge in [-0.15, -0.1) is 5.10 Å². The van der Waals surface area contributed by atoms with E-state index in [1.54, 1.807) is 21.0 Å². The maximum atomic E-state index is 13.2. The van der Waals surface area contributed by atoms with Crippen molar-refractivity contribution in [2.45, 2.75) is 6.92 Å². The number of rotatable bonds is 4. The third-order valence-electron chi connectivity index (χ3n) is 3.06. The summed E-state index contributed by atoms with van der Waals surface area (Å²) in [5, 5.41) is 7.50. The van der Waals surface area contributed by atoms with Crippen LogP contribution in [0.3, 0.4) is 0 Å². The number of nitrogens with zero attached hydrogens (tertiary/aromatic N) is 4. The van der Waals surface area contributed by atoms with E-state index in [1.807, 2.05) is 0 Å². The Morgan fingerprint density at radius 3 is 2.70 bits per heavy atom. The topological polar surface area (TPSA) is 77.3 Å². The second kappa shape index (κ2) is 6.74. The molecule has 0 saturated heterocycles. The summed E-state index contributed by atoms with van der Waals surface area (Å²) in [5.41, 5.74) is 0.803. The average Bonchev–Trinajstić information content (AvgIpc) is 2.89. The van der Waals surface area contributed by atoms with Gasteiger partial charge in [0.15, 0.2) is 12.3 Å². The summed E-state index contributed by atoms with van der Waals surface area (Å²) in [6, 6.07) is 4.00. The first-order valence-electron chi connectivity index (χ1n) is 6.56. The van der Waals surface area contributed by atoms with Gasteiger partial charge in [-0.3, -0.25) is 4.79 Å². The van der Waals surface area contributed by atoms with E-state index in [2.05, 4.69) is 10.3 Å². The highest BCUT2D eigenvalue weighted by Gasteiger charge is 2.20. The van der Waals surface area contributed by atoms with Crippen molar-refractivity contribution < 1.29 is 18.7 Å². The summed E-state index contributed by atoms with van der Waals surface area (Å²) < 4.78 is 19.4. The third-order valence-corrected chi connectivity index (χ3v) is 3.35. The Labute approximate surface area is 136 Å². The molecule has 0 aliphatic rings. The maximum absolute atomic E-state index is 13.2. The molecular formula is C14H14ClFN4O3. The minimum Gasteiger partial charge on any atom is -0.451 e. The molecular weight excluding hydrogens is 327 g/mol. The van der Waals surface area contributed by atoms with Crippen LogP contribution >= 0.6 is 11.6 Å². The fraction of sp³-hybridized carbons (Fsp3) is 0.286. The number of halogens is 2. The number of hydrogen-bond acceptors (Lipinski definition) is 5. The maximum Gasteiger partial charge on any atom is 0.361 e. The number of ether oxygens (including phenoxy) is 1. The second-order valence-electron chi connectivity index (χ2n) is 4.90. The number of carbonyl (C=O) groups excluding carboxylic acids is 2. The van der Waals surface area contributed by atoms with Crippen LogP contribution in [0.4, 0.5) is 4.39 Å². The van der Waals surface area contributed by atoms with E-state index in [0.29, 0.717) is 11.4 Å². The zero-order valence-electron chi connectivity index (χ0n) is 12.7. The first kappa shape index (κ1) is 16.9. The molecule has 1 aromatic carbocycles. The van der Waals surface area contributed by atoms with Gasteiger partial charge in [-0.05, 0) is 25.1 Å². The highest BCUT2D eigenvalue weighted by molar-refractivity contribution is 6.30. The van der Waals surface area contributed by atoms with Crippen LogP contribution < -0.4 is 0 Å². The predicted molar refractivity (Wildman–Crippen MR) is 80.0 cm³/mol. The van der Waals surface area contributed by atoms with Crippen LogP contribution in [0.1, 0.15) is 16.2 Å². The molecule has 1 aromatic heterocycles. The summed E-state index contributed by atoms with van der Waals surface area (Å²) >= 11 is 5.73. The molecule has 0 N–H and O–H groups in total. The van der Waals surface area contributed by atoms with E-state index < -0.39 is 11.8 Å². The lowest BCUT2D eigenvalue weighted by atomic mass is 10.3. The molecule has 7 nitrogen and oxygen atoms in total. The van der Waals surface area contributed by atoms with Gasteiger partial charge in [0.2, 0.25) is 0 Å². The zero-order valence-corrected chi connectivity index (χ0v) is 13.5. The van der Waals surface area contributed by atoms with Crippen LogP contribution in [0.25, 0.3) is 5.69 Å². The minimum atomic E-state index is -0.767. The molecule has 0 spiro atoms. The molecule has 0 bridgehead atoms. The molecule has 0 atom stereocenters. The second-order valence-corrected chi connectivity index (χ2v) is 5.31. The Hall–Kier alpha value is -2.48. The van der Waals surface area contributed by atoms with Gasteiger partial charge in [-0.2, -0.15) is 0 Å². The smallest absolute Gasteiger partial charge is 0.361 e. The zero-order chi connectivity index (χ0) is 17.1. The molecule has 1 heterocycles. The van der Waals surface area contributed by atoms with Crippen molar-refractivity contribution in [1.82, 2.24) is 19.9 Å². The summed E-state index contributed by atoms with van der Waals surface area (Å²) in [5.74, 6) is -1.68.